The van der Waals surface area contributed by atoms with Gasteiger partial charge in [-0.2, -0.15) is 13.2 Å². The van der Waals surface area contributed by atoms with Gasteiger partial charge in [-0.1, -0.05) is 30.3 Å². The molecule has 9 heteroatoms. The third-order valence-electron chi connectivity index (χ3n) is 3.41. The highest BCUT2D eigenvalue weighted by atomic mass is 19.4. The van der Waals surface area contributed by atoms with Gasteiger partial charge in [-0.05, 0) is 12.5 Å². The molecule has 1 unspecified atom stereocenters. The number of carbonyl (C=O) groups is 1. The summed E-state index contributed by atoms with van der Waals surface area (Å²) in [6.45, 7) is 0.909. The van der Waals surface area contributed by atoms with Gasteiger partial charge in [-0.25, -0.2) is 9.78 Å². The summed E-state index contributed by atoms with van der Waals surface area (Å²) in [6, 6.07) is 8.80. The normalized spacial score (nSPS) is 14.0. The molecule has 1 amide bonds. The van der Waals surface area contributed by atoms with Gasteiger partial charge < -0.3 is 19.6 Å². The SMILES string of the molecule is Cc1cnc(C(O)(CCNC(=O)OCc2ccccc2)C(F)(F)F)o1. The van der Waals surface area contributed by atoms with E-state index in [0.29, 0.717) is 0 Å². The van der Waals surface area contributed by atoms with E-state index in [4.69, 9.17) is 9.15 Å². The number of hydrogen-bond acceptors (Lipinski definition) is 5. The first-order chi connectivity index (χ1) is 11.7. The molecule has 1 heterocycles. The average Bonchev–Trinajstić information content (AvgIpc) is 2.99. The van der Waals surface area contributed by atoms with Gasteiger partial charge in [0.25, 0.3) is 0 Å². The minimum atomic E-state index is -5.01. The summed E-state index contributed by atoms with van der Waals surface area (Å²) in [5.41, 5.74) is -2.56. The van der Waals surface area contributed by atoms with Gasteiger partial charge >= 0.3 is 12.3 Å². The number of amides is 1. The second-order valence-electron chi connectivity index (χ2n) is 5.37. The Kier molecular flexibility index (Phi) is 5.68. The minimum Gasteiger partial charge on any atom is -0.445 e. The van der Waals surface area contributed by atoms with Crippen LogP contribution in [0.1, 0.15) is 23.6 Å². The number of ether oxygens (including phenoxy) is 1. The maximum atomic E-state index is 13.2. The number of halogens is 3. The Labute approximate surface area is 141 Å². The monoisotopic (exact) mass is 358 g/mol. The highest BCUT2D eigenvalue weighted by molar-refractivity contribution is 5.67. The molecule has 0 saturated carbocycles. The molecule has 1 aromatic heterocycles. The van der Waals surface area contributed by atoms with Crippen LogP contribution in [0.15, 0.2) is 40.9 Å². The predicted octanol–water partition coefficient (Wildman–Crippen LogP) is 3.05. The molecule has 2 N–H and O–H groups in total. The molecule has 0 aliphatic rings. The molecular formula is C16H17F3N2O4. The lowest BCUT2D eigenvalue weighted by Gasteiger charge is -2.27. The number of nitrogens with zero attached hydrogens (tertiary/aromatic N) is 1. The number of nitrogens with one attached hydrogen (secondary N) is 1. The van der Waals surface area contributed by atoms with Crippen LogP contribution >= 0.6 is 0 Å². The van der Waals surface area contributed by atoms with Crippen molar-refractivity contribution >= 4 is 6.09 Å². The number of alkyl carbamates (subject to hydrolysis) is 1. The van der Waals surface area contributed by atoms with Crippen LogP contribution in [-0.4, -0.2) is 28.9 Å². The van der Waals surface area contributed by atoms with E-state index in [9.17, 15) is 23.1 Å². The lowest BCUT2D eigenvalue weighted by atomic mass is 9.99. The number of carbonyl (C=O) groups excluding carboxylic acids is 1. The van der Waals surface area contributed by atoms with Crippen molar-refractivity contribution in [3.05, 3.63) is 53.7 Å². The average molecular weight is 358 g/mol. The fourth-order valence-corrected chi connectivity index (χ4v) is 2.04. The first kappa shape index (κ1) is 18.8. The lowest BCUT2D eigenvalue weighted by molar-refractivity contribution is -0.276. The third kappa shape index (κ3) is 4.72. The van der Waals surface area contributed by atoms with Crippen molar-refractivity contribution in [2.24, 2.45) is 0 Å². The second-order valence-corrected chi connectivity index (χ2v) is 5.37. The van der Waals surface area contributed by atoms with Crippen LogP contribution in [0.3, 0.4) is 0 Å². The van der Waals surface area contributed by atoms with E-state index in [1.54, 1.807) is 30.3 Å². The number of oxazole rings is 1. The smallest absolute Gasteiger partial charge is 0.426 e. The zero-order valence-corrected chi connectivity index (χ0v) is 13.3. The van der Waals surface area contributed by atoms with Crippen molar-refractivity contribution in [1.82, 2.24) is 10.3 Å². The van der Waals surface area contributed by atoms with Gasteiger partial charge in [0.2, 0.25) is 11.5 Å². The summed E-state index contributed by atoms with van der Waals surface area (Å²) >= 11 is 0. The third-order valence-corrected chi connectivity index (χ3v) is 3.41. The number of aliphatic hydroxyl groups is 1. The molecule has 0 saturated heterocycles. The van der Waals surface area contributed by atoms with Crippen molar-refractivity contribution in [3.63, 3.8) is 0 Å². The van der Waals surface area contributed by atoms with E-state index in [-0.39, 0.29) is 12.4 Å². The first-order valence-electron chi connectivity index (χ1n) is 7.39. The summed E-state index contributed by atoms with van der Waals surface area (Å²) in [5, 5.41) is 12.1. The van der Waals surface area contributed by atoms with E-state index in [1.807, 2.05) is 0 Å². The first-order valence-corrected chi connectivity index (χ1v) is 7.39. The number of benzene rings is 1. The van der Waals surface area contributed by atoms with Gasteiger partial charge in [-0.3, -0.25) is 0 Å². The Morgan fingerprint density at radius 1 is 1.32 bits per heavy atom. The Morgan fingerprint density at radius 3 is 2.56 bits per heavy atom. The fraction of sp³-hybridized carbons (Fsp3) is 0.375. The molecule has 0 spiro atoms. The van der Waals surface area contributed by atoms with E-state index in [0.717, 1.165) is 11.8 Å². The van der Waals surface area contributed by atoms with Gasteiger partial charge in [0, 0.05) is 13.0 Å². The summed E-state index contributed by atoms with van der Waals surface area (Å²) in [4.78, 5) is 15.0. The summed E-state index contributed by atoms with van der Waals surface area (Å²) < 4.78 is 49.3. The van der Waals surface area contributed by atoms with Gasteiger partial charge in [-0.15, -0.1) is 0 Å². The second kappa shape index (κ2) is 7.56. The standard InChI is InChI=1S/C16H17F3N2O4/c1-11-9-21-13(25-11)15(23,16(17,18)19)7-8-20-14(22)24-10-12-5-3-2-4-6-12/h2-6,9,23H,7-8,10H2,1H3,(H,20,22). The lowest BCUT2D eigenvalue weighted by Crippen LogP contribution is -2.45. The number of rotatable bonds is 6. The number of hydrogen-bond donors (Lipinski definition) is 2. The van der Waals surface area contributed by atoms with Crippen molar-refractivity contribution in [1.29, 1.82) is 0 Å². The molecule has 1 atom stereocenters. The molecule has 2 aromatic rings. The quantitative estimate of drug-likeness (QED) is 0.829. The number of aryl methyl sites for hydroxylation is 1. The highest BCUT2D eigenvalue weighted by Crippen LogP contribution is 2.40. The summed E-state index contributed by atoms with van der Waals surface area (Å²) in [5.74, 6) is -0.732. The molecule has 25 heavy (non-hydrogen) atoms. The highest BCUT2D eigenvalue weighted by Gasteiger charge is 2.58. The van der Waals surface area contributed by atoms with Crippen LogP contribution in [0.4, 0.5) is 18.0 Å². The van der Waals surface area contributed by atoms with Gasteiger partial charge in [0.15, 0.2) is 0 Å². The summed E-state index contributed by atoms with van der Waals surface area (Å²) in [6.07, 6.45) is -5.69. The Balaban J connectivity index is 1.90. The zero-order valence-electron chi connectivity index (χ0n) is 13.3. The molecular weight excluding hydrogens is 341 g/mol. The van der Waals surface area contributed by atoms with E-state index in [1.165, 1.54) is 6.92 Å². The molecule has 0 radical (unpaired) electrons. The van der Waals surface area contributed by atoms with E-state index >= 15 is 0 Å². The maximum Gasteiger partial charge on any atom is 0.426 e. The summed E-state index contributed by atoms with van der Waals surface area (Å²) in [7, 11) is 0. The topological polar surface area (TPSA) is 84.6 Å². The Morgan fingerprint density at radius 2 is 2.00 bits per heavy atom. The fourth-order valence-electron chi connectivity index (χ4n) is 2.04. The van der Waals surface area contributed by atoms with Crippen LogP contribution < -0.4 is 5.32 Å². The molecule has 1 aromatic carbocycles. The minimum absolute atomic E-state index is 0.0187. The Bertz CT molecular complexity index is 703. The van der Waals surface area contributed by atoms with Crippen molar-refractivity contribution in [2.45, 2.75) is 31.7 Å². The molecule has 6 nitrogen and oxygen atoms in total. The molecule has 2 rings (SSSR count). The van der Waals surface area contributed by atoms with Crippen LogP contribution in [0.25, 0.3) is 0 Å². The Hall–Kier alpha value is -2.55. The van der Waals surface area contributed by atoms with Crippen molar-refractivity contribution in [2.75, 3.05) is 6.54 Å². The van der Waals surface area contributed by atoms with Crippen molar-refractivity contribution in [3.8, 4) is 0 Å². The molecule has 0 aliphatic carbocycles. The molecule has 0 aliphatic heterocycles. The predicted molar refractivity (Wildman–Crippen MR) is 80.4 cm³/mol. The van der Waals surface area contributed by atoms with Crippen LogP contribution in [0, 0.1) is 6.92 Å². The van der Waals surface area contributed by atoms with Crippen LogP contribution in [-0.2, 0) is 16.9 Å². The molecule has 136 valence electrons. The van der Waals surface area contributed by atoms with Crippen molar-refractivity contribution < 1.29 is 32.2 Å². The van der Waals surface area contributed by atoms with Crippen LogP contribution in [0.5, 0.6) is 0 Å². The maximum absolute atomic E-state index is 13.2. The zero-order chi connectivity index (χ0) is 18.5. The largest absolute Gasteiger partial charge is 0.445 e. The van der Waals surface area contributed by atoms with Crippen LogP contribution in [0.2, 0.25) is 0 Å². The van der Waals surface area contributed by atoms with Gasteiger partial charge in [0.05, 0.1) is 6.20 Å². The van der Waals surface area contributed by atoms with Gasteiger partial charge in [0.1, 0.15) is 12.4 Å². The number of alkyl halides is 3. The van der Waals surface area contributed by atoms with E-state index in [2.05, 4.69) is 10.3 Å². The molecule has 0 bridgehead atoms. The number of aromatic nitrogens is 1. The molecule has 0 fully saturated rings. The van der Waals surface area contributed by atoms with E-state index < -0.39 is 36.7 Å².